The van der Waals surface area contributed by atoms with Crippen LogP contribution in [0.4, 0.5) is 24.8 Å². The number of alkyl halides is 3. The Balaban J connectivity index is 1.85. The van der Waals surface area contributed by atoms with Crippen molar-refractivity contribution in [3.05, 3.63) is 54.5 Å². The van der Waals surface area contributed by atoms with Crippen LogP contribution in [-0.2, 0) is 21.0 Å². The van der Waals surface area contributed by atoms with E-state index < -0.39 is 40.1 Å². The third-order valence-corrected chi connectivity index (χ3v) is 5.05. The number of aromatic nitrogens is 4. The molecule has 0 aliphatic heterocycles. The number of halogens is 3. The highest BCUT2D eigenvalue weighted by Gasteiger charge is 2.36. The van der Waals surface area contributed by atoms with E-state index in [4.69, 9.17) is 5.11 Å². The largest absolute Gasteiger partial charge is 0.480 e. The molecular weight excluding hydrogens is 429 g/mol. The van der Waals surface area contributed by atoms with Crippen molar-refractivity contribution in [3.8, 4) is 5.82 Å². The minimum absolute atomic E-state index is 0.173. The molecule has 0 bridgehead atoms. The predicted octanol–water partition coefficient (Wildman–Crippen LogP) is 1.79. The van der Waals surface area contributed by atoms with Gasteiger partial charge in [0.15, 0.2) is 5.82 Å². The van der Waals surface area contributed by atoms with Gasteiger partial charge in [-0.05, 0) is 30.3 Å². The molecule has 3 aromatic rings. The van der Waals surface area contributed by atoms with Crippen molar-refractivity contribution in [1.29, 1.82) is 0 Å². The highest BCUT2D eigenvalue weighted by molar-refractivity contribution is 7.89. The molecular formula is C16H13F3N6O4S. The van der Waals surface area contributed by atoms with E-state index in [2.05, 4.69) is 20.4 Å². The first-order valence-corrected chi connectivity index (χ1v) is 9.57. The van der Waals surface area contributed by atoms with E-state index in [1.807, 2.05) is 4.72 Å². The zero-order valence-electron chi connectivity index (χ0n) is 14.8. The second kappa shape index (κ2) is 8.08. The molecule has 0 fully saturated rings. The second-order valence-corrected chi connectivity index (χ2v) is 7.51. The lowest BCUT2D eigenvalue weighted by Gasteiger charge is -2.13. The zero-order chi connectivity index (χ0) is 21.9. The SMILES string of the molecule is O=C(O)CNS(=O)(=O)c1ccc(Nc2ncc(C(F)(F)F)c(-n3cccn3)n2)cc1. The van der Waals surface area contributed by atoms with E-state index in [0.717, 1.165) is 4.68 Å². The van der Waals surface area contributed by atoms with Crippen LogP contribution in [0.3, 0.4) is 0 Å². The van der Waals surface area contributed by atoms with Gasteiger partial charge in [0.25, 0.3) is 0 Å². The lowest BCUT2D eigenvalue weighted by Crippen LogP contribution is -2.29. The van der Waals surface area contributed by atoms with Crippen LogP contribution in [0, 0.1) is 0 Å². The van der Waals surface area contributed by atoms with Crippen LogP contribution in [-0.4, -0.2) is 45.8 Å². The van der Waals surface area contributed by atoms with Crippen molar-refractivity contribution in [3.63, 3.8) is 0 Å². The third kappa shape index (κ3) is 4.90. The standard InChI is InChI=1S/C16H13F3N6O4S/c17-16(18,19)12-8-20-15(24-14(12)25-7-1-6-21-25)23-10-2-4-11(5-3-10)30(28,29)22-9-13(26)27/h1-8,22H,9H2,(H,26,27)(H,20,23,24). The van der Waals surface area contributed by atoms with Crippen molar-refractivity contribution in [2.75, 3.05) is 11.9 Å². The van der Waals surface area contributed by atoms with Gasteiger partial charge in [0.05, 0.1) is 4.90 Å². The molecule has 1 aromatic carbocycles. The number of nitrogens with zero attached hydrogens (tertiary/aromatic N) is 4. The Labute approximate surface area is 167 Å². The van der Waals surface area contributed by atoms with E-state index in [-0.39, 0.29) is 10.8 Å². The summed E-state index contributed by atoms with van der Waals surface area (Å²) >= 11 is 0. The molecule has 3 rings (SSSR count). The van der Waals surface area contributed by atoms with Crippen LogP contribution in [0.1, 0.15) is 5.56 Å². The average molecular weight is 442 g/mol. The van der Waals surface area contributed by atoms with E-state index in [0.29, 0.717) is 11.9 Å². The molecule has 158 valence electrons. The number of rotatable bonds is 7. The topological polar surface area (TPSA) is 139 Å². The molecule has 14 heteroatoms. The number of carboxylic acids is 1. The number of hydrogen-bond acceptors (Lipinski definition) is 7. The lowest BCUT2D eigenvalue weighted by atomic mass is 10.3. The summed E-state index contributed by atoms with van der Waals surface area (Å²) in [7, 11) is -4.03. The first-order chi connectivity index (χ1) is 14.1. The molecule has 0 unspecified atom stereocenters. The summed E-state index contributed by atoms with van der Waals surface area (Å²) in [6.07, 6.45) is -1.49. The summed E-state index contributed by atoms with van der Waals surface area (Å²) < 4.78 is 66.5. The van der Waals surface area contributed by atoms with Gasteiger partial charge in [0, 0.05) is 24.3 Å². The first-order valence-electron chi connectivity index (χ1n) is 8.09. The van der Waals surface area contributed by atoms with Crippen LogP contribution in [0.2, 0.25) is 0 Å². The number of carboxylic acid groups (broad SMARTS) is 1. The number of anilines is 2. The quantitative estimate of drug-likeness (QED) is 0.503. The Hall–Kier alpha value is -3.52. The molecule has 0 spiro atoms. The molecule has 2 aromatic heterocycles. The van der Waals surface area contributed by atoms with E-state index >= 15 is 0 Å². The fourth-order valence-corrected chi connectivity index (χ4v) is 3.26. The second-order valence-electron chi connectivity index (χ2n) is 5.75. The molecule has 0 aliphatic rings. The monoisotopic (exact) mass is 442 g/mol. The third-order valence-electron chi connectivity index (χ3n) is 3.63. The molecule has 2 heterocycles. The highest BCUT2D eigenvalue weighted by atomic mass is 32.2. The number of sulfonamides is 1. The minimum atomic E-state index is -4.70. The van der Waals surface area contributed by atoms with Crippen molar-refractivity contribution in [2.24, 2.45) is 0 Å². The molecule has 10 nitrogen and oxygen atoms in total. The Morgan fingerprint density at radius 3 is 2.47 bits per heavy atom. The van der Waals surface area contributed by atoms with Crippen LogP contribution in [0.5, 0.6) is 0 Å². The highest BCUT2D eigenvalue weighted by Crippen LogP contribution is 2.33. The number of nitrogens with one attached hydrogen (secondary N) is 2. The summed E-state index contributed by atoms with van der Waals surface area (Å²) in [6.45, 7) is -0.780. The Morgan fingerprint density at radius 1 is 1.20 bits per heavy atom. The van der Waals surface area contributed by atoms with E-state index in [1.54, 1.807) is 0 Å². The van der Waals surface area contributed by atoms with Gasteiger partial charge in [-0.2, -0.15) is 28.0 Å². The van der Waals surface area contributed by atoms with Gasteiger partial charge in [-0.1, -0.05) is 0 Å². The van der Waals surface area contributed by atoms with E-state index in [9.17, 15) is 26.4 Å². The maximum Gasteiger partial charge on any atom is 0.421 e. The number of benzene rings is 1. The normalized spacial score (nSPS) is 12.0. The van der Waals surface area contributed by atoms with Gasteiger partial charge in [0.2, 0.25) is 16.0 Å². The fourth-order valence-electron chi connectivity index (χ4n) is 2.29. The fraction of sp³-hybridized carbons (Fsp3) is 0.125. The van der Waals surface area contributed by atoms with Gasteiger partial charge in [0.1, 0.15) is 12.1 Å². The van der Waals surface area contributed by atoms with Crippen molar-refractivity contribution < 1.29 is 31.5 Å². The minimum Gasteiger partial charge on any atom is -0.480 e. The molecule has 0 radical (unpaired) electrons. The van der Waals surface area contributed by atoms with E-state index in [1.165, 1.54) is 42.7 Å². The first kappa shape index (κ1) is 21.2. The zero-order valence-corrected chi connectivity index (χ0v) is 15.6. The summed E-state index contributed by atoms with van der Waals surface area (Å²) in [5, 5.41) is 15.0. The van der Waals surface area contributed by atoms with Crippen molar-refractivity contribution in [1.82, 2.24) is 24.5 Å². The van der Waals surface area contributed by atoms with Gasteiger partial charge in [-0.25, -0.2) is 18.1 Å². The van der Waals surface area contributed by atoms with Gasteiger partial charge >= 0.3 is 12.1 Å². The smallest absolute Gasteiger partial charge is 0.421 e. The Morgan fingerprint density at radius 2 is 1.90 bits per heavy atom. The molecule has 0 atom stereocenters. The summed E-state index contributed by atoms with van der Waals surface area (Å²) in [5.41, 5.74) is -0.791. The van der Waals surface area contributed by atoms with Crippen LogP contribution >= 0.6 is 0 Å². The molecule has 0 aliphatic carbocycles. The summed E-state index contributed by atoms with van der Waals surface area (Å²) in [4.78, 5) is 17.8. The average Bonchev–Trinajstić information content (AvgIpc) is 3.21. The summed E-state index contributed by atoms with van der Waals surface area (Å²) in [5.74, 6) is -2.00. The van der Waals surface area contributed by atoms with Crippen LogP contribution in [0.15, 0.2) is 53.8 Å². The number of carbonyl (C=O) groups is 1. The molecule has 0 saturated heterocycles. The number of hydrogen-bond donors (Lipinski definition) is 3. The Kier molecular flexibility index (Phi) is 5.71. The van der Waals surface area contributed by atoms with Gasteiger partial charge < -0.3 is 10.4 Å². The summed E-state index contributed by atoms with van der Waals surface area (Å²) in [6, 6.07) is 6.46. The van der Waals surface area contributed by atoms with Crippen LogP contribution < -0.4 is 10.0 Å². The maximum atomic E-state index is 13.2. The van der Waals surface area contributed by atoms with Crippen molar-refractivity contribution >= 4 is 27.6 Å². The molecule has 30 heavy (non-hydrogen) atoms. The van der Waals surface area contributed by atoms with Crippen molar-refractivity contribution in [2.45, 2.75) is 11.1 Å². The lowest BCUT2D eigenvalue weighted by molar-refractivity contribution is -0.138. The van der Waals surface area contributed by atoms with Crippen LogP contribution in [0.25, 0.3) is 5.82 Å². The van der Waals surface area contributed by atoms with Gasteiger partial charge in [-0.15, -0.1) is 0 Å². The molecule has 0 saturated carbocycles. The van der Waals surface area contributed by atoms with Gasteiger partial charge in [-0.3, -0.25) is 4.79 Å². The Bertz CT molecular complexity index is 1150. The predicted molar refractivity (Wildman–Crippen MR) is 96.7 cm³/mol. The number of aliphatic carboxylic acids is 1. The molecule has 3 N–H and O–H groups in total. The maximum absolute atomic E-state index is 13.2. The molecule has 0 amide bonds.